The number of anilines is 1. The third-order valence-electron chi connectivity index (χ3n) is 2.58. The van der Waals surface area contributed by atoms with Gasteiger partial charge in [0.15, 0.2) is 0 Å². The summed E-state index contributed by atoms with van der Waals surface area (Å²) in [4.78, 5) is 10.1. The molecule has 0 saturated carbocycles. The van der Waals surface area contributed by atoms with Crippen LogP contribution in [0, 0.1) is 5.82 Å². The van der Waals surface area contributed by atoms with Gasteiger partial charge >= 0.3 is 0 Å². The van der Waals surface area contributed by atoms with Crippen LogP contribution in [-0.4, -0.2) is 24.1 Å². The molecule has 0 spiro atoms. The third-order valence-corrected chi connectivity index (χ3v) is 2.58. The molecule has 5 heteroatoms. The molecule has 0 heterocycles. The van der Waals surface area contributed by atoms with Crippen LogP contribution in [0.25, 0.3) is 0 Å². The van der Waals surface area contributed by atoms with Crippen molar-refractivity contribution in [2.24, 2.45) is 0 Å². The number of halogens is 1. The Labute approximate surface area is 171 Å². The average Bonchev–Trinajstić information content (AvgIpc) is 2.67. The summed E-state index contributed by atoms with van der Waals surface area (Å²) in [5.41, 5.74) is 1.85. The first-order valence-electron chi connectivity index (χ1n) is 9.28. The van der Waals surface area contributed by atoms with Gasteiger partial charge in [0.1, 0.15) is 12.1 Å². The van der Waals surface area contributed by atoms with Crippen LogP contribution < -0.4 is 5.32 Å². The Morgan fingerprint density at radius 3 is 2.15 bits per heavy atom. The Kier molecular flexibility index (Phi) is 39.3. The molecule has 1 aromatic rings. The van der Waals surface area contributed by atoms with Crippen molar-refractivity contribution in [1.82, 2.24) is 0 Å². The second kappa shape index (κ2) is 32.1. The number of carbonyl (C=O) groups excluding carboxylic acids is 1. The number of aldehydes is 1. The van der Waals surface area contributed by atoms with Crippen LogP contribution in [0.15, 0.2) is 43.0 Å². The maximum atomic E-state index is 12.8. The highest BCUT2D eigenvalue weighted by atomic mass is 32.2. The fourth-order valence-corrected chi connectivity index (χ4v) is 1.61. The van der Waals surface area contributed by atoms with Crippen LogP contribution >= 0.6 is 12.0 Å². The number of nitrogens with one attached hydrogen (secondary N) is 1. The van der Waals surface area contributed by atoms with Crippen molar-refractivity contribution in [2.75, 3.05) is 18.6 Å². The van der Waals surface area contributed by atoms with Gasteiger partial charge in [-0.05, 0) is 62.8 Å². The van der Waals surface area contributed by atoms with Gasteiger partial charge in [-0.15, -0.1) is 6.58 Å². The fourth-order valence-electron chi connectivity index (χ4n) is 1.61. The van der Waals surface area contributed by atoms with E-state index in [0.29, 0.717) is 6.42 Å². The predicted molar refractivity (Wildman–Crippen MR) is 123 cm³/mol. The molecule has 0 aromatic heterocycles. The molecule has 0 saturated heterocycles. The topological polar surface area (TPSA) is 49.3 Å². The summed E-state index contributed by atoms with van der Waals surface area (Å²) in [6.07, 6.45) is 11.8. The van der Waals surface area contributed by atoms with E-state index in [2.05, 4.69) is 31.0 Å². The molecule has 0 radical (unpaired) electrons. The van der Waals surface area contributed by atoms with Crippen molar-refractivity contribution in [1.29, 1.82) is 0 Å². The van der Waals surface area contributed by atoms with Crippen LogP contribution in [0.5, 0.6) is 0 Å². The Morgan fingerprint density at radius 2 is 1.81 bits per heavy atom. The largest absolute Gasteiger partial charge is 0.388 e. The van der Waals surface area contributed by atoms with E-state index in [-0.39, 0.29) is 5.82 Å². The Morgan fingerprint density at radius 1 is 1.30 bits per heavy atom. The molecule has 2 N–H and O–H groups in total. The van der Waals surface area contributed by atoms with Gasteiger partial charge in [0.05, 0.1) is 0 Å². The summed E-state index contributed by atoms with van der Waals surface area (Å²) in [5.74, 6) is -0.242. The summed E-state index contributed by atoms with van der Waals surface area (Å²) >= 11 is 0.750. The SMILES string of the molecule is C/C=C\CC.C=CC.CC.CNc1cc(F)ccc1CCCC=O.CSO. The van der Waals surface area contributed by atoms with Crippen LogP contribution in [-0.2, 0) is 11.2 Å². The minimum atomic E-state index is -0.242. The van der Waals surface area contributed by atoms with Crippen molar-refractivity contribution in [3.05, 3.63) is 54.4 Å². The first-order chi connectivity index (χ1) is 13.0. The molecule has 3 nitrogen and oxygen atoms in total. The number of carbonyl (C=O) groups is 1. The van der Waals surface area contributed by atoms with Crippen molar-refractivity contribution in [2.45, 2.75) is 60.3 Å². The number of hydrogen-bond donors (Lipinski definition) is 2. The van der Waals surface area contributed by atoms with Gasteiger partial charge in [-0.2, -0.15) is 0 Å². The van der Waals surface area contributed by atoms with E-state index in [1.807, 2.05) is 27.7 Å². The normalized spacial score (nSPS) is 8.33. The van der Waals surface area contributed by atoms with Gasteiger partial charge in [-0.25, -0.2) is 4.39 Å². The Bertz CT molecular complexity index is 452. The van der Waals surface area contributed by atoms with Crippen LogP contribution in [0.3, 0.4) is 0 Å². The van der Waals surface area contributed by atoms with Crippen molar-refractivity contribution in [3.63, 3.8) is 0 Å². The summed E-state index contributed by atoms with van der Waals surface area (Å²) in [5, 5.41) is 2.93. The Balaban J connectivity index is -0.000000169. The number of unbranched alkanes of at least 4 members (excludes halogenated alkanes) is 1. The lowest BCUT2D eigenvalue weighted by Crippen LogP contribution is -1.96. The summed E-state index contributed by atoms with van der Waals surface area (Å²) in [7, 11) is 1.76. The molecule has 0 fully saturated rings. The second-order valence-electron chi connectivity index (χ2n) is 4.68. The smallest absolute Gasteiger partial charge is 0.125 e. The summed E-state index contributed by atoms with van der Waals surface area (Å²) < 4.78 is 20.3. The maximum Gasteiger partial charge on any atom is 0.125 e. The molecular weight excluding hydrogens is 361 g/mol. The molecule has 0 atom stereocenters. The fraction of sp³-hybridized carbons (Fsp3) is 0.500. The summed E-state index contributed by atoms with van der Waals surface area (Å²) in [6, 6.07) is 4.67. The quantitative estimate of drug-likeness (QED) is 0.226. The van der Waals surface area contributed by atoms with Crippen LogP contribution in [0.4, 0.5) is 10.1 Å². The lowest BCUT2D eigenvalue weighted by Gasteiger charge is -2.07. The van der Waals surface area contributed by atoms with Gasteiger partial charge in [0, 0.05) is 25.4 Å². The van der Waals surface area contributed by atoms with Gasteiger partial charge in [0.2, 0.25) is 0 Å². The highest BCUT2D eigenvalue weighted by molar-refractivity contribution is 7.93. The number of aryl methyl sites for hydroxylation is 1. The van der Waals surface area contributed by atoms with E-state index in [9.17, 15) is 9.18 Å². The number of hydrogen-bond acceptors (Lipinski definition) is 4. The molecular formula is C22H40FNO2S. The molecule has 0 aliphatic carbocycles. The zero-order valence-corrected chi connectivity index (χ0v) is 19.0. The number of rotatable bonds is 6. The van der Waals surface area contributed by atoms with Gasteiger partial charge in [0.25, 0.3) is 0 Å². The van der Waals surface area contributed by atoms with E-state index >= 15 is 0 Å². The number of allylic oxidation sites excluding steroid dienone is 3. The molecule has 1 aromatic carbocycles. The molecule has 0 amide bonds. The number of benzene rings is 1. The van der Waals surface area contributed by atoms with Gasteiger partial charge < -0.3 is 14.7 Å². The molecule has 158 valence electrons. The van der Waals surface area contributed by atoms with Crippen LogP contribution in [0.2, 0.25) is 0 Å². The first kappa shape index (κ1) is 33.0. The molecule has 0 aliphatic heterocycles. The van der Waals surface area contributed by atoms with Crippen molar-refractivity contribution < 1.29 is 13.7 Å². The van der Waals surface area contributed by atoms with Crippen molar-refractivity contribution >= 4 is 24.0 Å². The van der Waals surface area contributed by atoms with E-state index < -0.39 is 0 Å². The lowest BCUT2D eigenvalue weighted by atomic mass is 10.1. The van der Waals surface area contributed by atoms with E-state index in [1.54, 1.807) is 25.4 Å². The van der Waals surface area contributed by atoms with Crippen LogP contribution in [0.1, 0.15) is 59.4 Å². The highest BCUT2D eigenvalue weighted by Gasteiger charge is 2.01. The molecule has 0 unspecified atom stereocenters. The molecule has 1 rings (SSSR count). The molecule has 0 aliphatic rings. The minimum Gasteiger partial charge on any atom is -0.388 e. The lowest BCUT2D eigenvalue weighted by molar-refractivity contribution is -0.107. The summed E-state index contributed by atoms with van der Waals surface area (Å²) in [6.45, 7) is 13.4. The first-order valence-corrected chi connectivity index (χ1v) is 10.5. The maximum absolute atomic E-state index is 12.8. The van der Waals surface area contributed by atoms with E-state index in [0.717, 1.165) is 48.8 Å². The van der Waals surface area contributed by atoms with Gasteiger partial charge in [-0.1, -0.05) is 45.1 Å². The Hall–Kier alpha value is -1.59. The standard InChI is InChI=1S/C11H14FNO.C5H10.C3H6.C2H6.CH4OS/c1-13-11-8-10(12)6-5-9(11)4-2-3-7-14;1-3-5-4-2;1-3-2;1-2;1-3-2/h5-8,13H,2-4H2,1H3;3,5H,4H2,1-2H3;3H,1H2,2H3;1-2H3;2H,1H3/b;5-3-;;;. The average molecular weight is 402 g/mol. The zero-order chi connectivity index (χ0) is 21.9. The monoisotopic (exact) mass is 401 g/mol. The van der Waals surface area contributed by atoms with E-state index in [4.69, 9.17) is 4.55 Å². The van der Waals surface area contributed by atoms with E-state index in [1.165, 1.54) is 12.1 Å². The second-order valence-corrected chi connectivity index (χ2v) is 5.04. The predicted octanol–water partition coefficient (Wildman–Crippen LogP) is 7.40. The van der Waals surface area contributed by atoms with Gasteiger partial charge in [-0.3, -0.25) is 0 Å². The van der Waals surface area contributed by atoms with Crippen molar-refractivity contribution in [3.8, 4) is 0 Å². The highest BCUT2D eigenvalue weighted by Crippen LogP contribution is 2.18. The molecule has 27 heavy (non-hydrogen) atoms. The zero-order valence-electron chi connectivity index (χ0n) is 18.2. The third kappa shape index (κ3) is 29.4. The minimum absolute atomic E-state index is 0.242. The molecule has 0 bridgehead atoms.